The summed E-state index contributed by atoms with van der Waals surface area (Å²) in [6, 6.07) is 6.07. The van der Waals surface area contributed by atoms with Crippen molar-refractivity contribution in [2.45, 2.75) is 31.4 Å². The third-order valence-electron chi connectivity index (χ3n) is 4.13. The summed E-state index contributed by atoms with van der Waals surface area (Å²) in [7, 11) is 1.32. The van der Waals surface area contributed by atoms with Crippen LogP contribution in [0.5, 0.6) is 5.75 Å². The number of piperidine rings is 1. The van der Waals surface area contributed by atoms with Gasteiger partial charge in [0.15, 0.2) is 0 Å². The number of aromatic hydroxyl groups is 1. The number of nitrogens with two attached hydrogens (primary N) is 1. The first-order chi connectivity index (χ1) is 11.5. The Bertz CT molecular complexity index is 553. The van der Waals surface area contributed by atoms with Gasteiger partial charge in [0.05, 0.1) is 19.3 Å². The lowest BCUT2D eigenvalue weighted by Crippen LogP contribution is -2.49. The fourth-order valence-corrected chi connectivity index (χ4v) is 2.70. The van der Waals surface area contributed by atoms with Crippen LogP contribution in [-0.2, 0) is 25.5 Å². The first-order valence-corrected chi connectivity index (χ1v) is 8.00. The molecule has 0 aliphatic carbocycles. The minimum atomic E-state index is -0.609. The lowest BCUT2D eigenvalue weighted by Gasteiger charge is -2.33. The summed E-state index contributed by atoms with van der Waals surface area (Å²) >= 11 is 0. The second-order valence-corrected chi connectivity index (χ2v) is 5.89. The van der Waals surface area contributed by atoms with Gasteiger partial charge >= 0.3 is 5.97 Å². The first-order valence-electron chi connectivity index (χ1n) is 8.00. The van der Waals surface area contributed by atoms with Crippen molar-refractivity contribution >= 4 is 11.9 Å². The number of carbonyl (C=O) groups excluding carboxylic acids is 2. The predicted octanol–water partition coefficient (Wildman–Crippen LogP) is 0.443. The maximum Gasteiger partial charge on any atom is 0.331 e. The number of phenols is 1. The quantitative estimate of drug-likeness (QED) is 0.731. The average molecular weight is 336 g/mol. The van der Waals surface area contributed by atoms with E-state index in [0.717, 1.165) is 5.56 Å². The van der Waals surface area contributed by atoms with Crippen molar-refractivity contribution in [3.63, 3.8) is 0 Å². The highest BCUT2D eigenvalue weighted by atomic mass is 16.6. The van der Waals surface area contributed by atoms with E-state index in [0.29, 0.717) is 32.4 Å². The lowest BCUT2D eigenvalue weighted by molar-refractivity contribution is -0.150. The van der Waals surface area contributed by atoms with E-state index in [4.69, 9.17) is 10.5 Å². The SMILES string of the molecule is COC(=O)COC1CCN(C(=O)C(N)Cc2ccc(O)cc2)CC1. The number of nitrogens with zero attached hydrogens (tertiary/aromatic N) is 1. The summed E-state index contributed by atoms with van der Waals surface area (Å²) in [6.07, 6.45) is 1.74. The number of benzene rings is 1. The van der Waals surface area contributed by atoms with Gasteiger partial charge in [-0.1, -0.05) is 12.1 Å². The Balaban J connectivity index is 1.77. The normalized spacial score (nSPS) is 16.7. The summed E-state index contributed by atoms with van der Waals surface area (Å²) in [5.41, 5.74) is 6.93. The molecule has 132 valence electrons. The van der Waals surface area contributed by atoms with E-state index in [1.165, 1.54) is 7.11 Å². The average Bonchev–Trinajstić information content (AvgIpc) is 2.61. The standard InChI is InChI=1S/C17H24N2O5/c1-23-16(21)11-24-14-6-8-19(9-7-14)17(22)15(18)10-12-2-4-13(20)5-3-12/h2-5,14-15,20H,6-11,18H2,1H3. The number of hydrogen-bond donors (Lipinski definition) is 2. The Morgan fingerprint density at radius 1 is 1.29 bits per heavy atom. The topological polar surface area (TPSA) is 102 Å². The van der Waals surface area contributed by atoms with Crippen LogP contribution in [0.15, 0.2) is 24.3 Å². The van der Waals surface area contributed by atoms with E-state index in [1.807, 2.05) is 0 Å². The highest BCUT2D eigenvalue weighted by Crippen LogP contribution is 2.16. The Morgan fingerprint density at radius 3 is 2.50 bits per heavy atom. The first kappa shape index (κ1) is 18.2. The molecule has 1 aromatic rings. The molecule has 3 N–H and O–H groups in total. The molecule has 0 saturated carbocycles. The van der Waals surface area contributed by atoms with Crippen LogP contribution >= 0.6 is 0 Å². The molecule has 1 atom stereocenters. The van der Waals surface area contributed by atoms with Gasteiger partial charge in [-0.3, -0.25) is 4.79 Å². The van der Waals surface area contributed by atoms with E-state index in [-0.39, 0.29) is 24.4 Å². The molecule has 0 radical (unpaired) electrons. The Labute approximate surface area is 141 Å². The molecule has 2 rings (SSSR count). The number of phenolic OH excluding ortho intramolecular Hbond substituents is 1. The van der Waals surface area contributed by atoms with Gasteiger partial charge in [-0.25, -0.2) is 4.79 Å². The fraction of sp³-hybridized carbons (Fsp3) is 0.529. The fourth-order valence-electron chi connectivity index (χ4n) is 2.70. The predicted molar refractivity (Wildman–Crippen MR) is 87.4 cm³/mol. The molecule has 1 fully saturated rings. The van der Waals surface area contributed by atoms with Crippen LogP contribution in [-0.4, -0.2) is 60.8 Å². The van der Waals surface area contributed by atoms with E-state index in [2.05, 4.69) is 4.74 Å². The molecule has 0 bridgehead atoms. The van der Waals surface area contributed by atoms with Crippen molar-refractivity contribution < 1.29 is 24.2 Å². The van der Waals surface area contributed by atoms with Crippen LogP contribution in [0.1, 0.15) is 18.4 Å². The third kappa shape index (κ3) is 5.21. The number of rotatable bonds is 6. The van der Waals surface area contributed by atoms with E-state index in [9.17, 15) is 14.7 Å². The summed E-state index contributed by atoms with van der Waals surface area (Å²) in [4.78, 5) is 25.2. The summed E-state index contributed by atoms with van der Waals surface area (Å²) < 4.78 is 10.00. The van der Waals surface area contributed by atoms with Gasteiger partial charge in [-0.2, -0.15) is 0 Å². The molecular formula is C17H24N2O5. The summed E-state index contributed by atoms with van der Waals surface area (Å²) in [6.45, 7) is 1.07. The van der Waals surface area contributed by atoms with Gasteiger partial charge in [0, 0.05) is 13.1 Å². The minimum absolute atomic E-state index is 0.0403. The monoisotopic (exact) mass is 336 g/mol. The van der Waals surface area contributed by atoms with Crippen LogP contribution in [0, 0.1) is 0 Å². The molecule has 24 heavy (non-hydrogen) atoms. The Kier molecular flexibility index (Phi) is 6.57. The number of esters is 1. The van der Waals surface area contributed by atoms with Crippen LogP contribution in [0.3, 0.4) is 0 Å². The number of ether oxygens (including phenoxy) is 2. The van der Waals surface area contributed by atoms with Gasteiger partial charge in [0.25, 0.3) is 0 Å². The van der Waals surface area contributed by atoms with Gasteiger partial charge in [-0.15, -0.1) is 0 Å². The number of amides is 1. The van der Waals surface area contributed by atoms with Crippen molar-refractivity contribution in [3.05, 3.63) is 29.8 Å². The van der Waals surface area contributed by atoms with Crippen molar-refractivity contribution in [3.8, 4) is 5.75 Å². The highest BCUT2D eigenvalue weighted by molar-refractivity contribution is 5.82. The lowest BCUT2D eigenvalue weighted by atomic mass is 10.0. The van der Waals surface area contributed by atoms with Crippen LogP contribution in [0.4, 0.5) is 0 Å². The molecule has 7 nitrogen and oxygen atoms in total. The van der Waals surface area contributed by atoms with Gasteiger partial charge < -0.3 is 25.2 Å². The molecular weight excluding hydrogens is 312 g/mol. The number of carbonyl (C=O) groups is 2. The molecule has 1 heterocycles. The summed E-state index contributed by atoms with van der Waals surface area (Å²) in [5, 5.41) is 9.28. The minimum Gasteiger partial charge on any atom is -0.508 e. The Hall–Kier alpha value is -2.12. The van der Waals surface area contributed by atoms with Crippen molar-refractivity contribution in [2.24, 2.45) is 5.73 Å². The Morgan fingerprint density at radius 2 is 1.92 bits per heavy atom. The summed E-state index contributed by atoms with van der Waals surface area (Å²) in [5.74, 6) is -0.299. The zero-order valence-corrected chi connectivity index (χ0v) is 13.8. The van der Waals surface area contributed by atoms with Crippen molar-refractivity contribution in [1.29, 1.82) is 0 Å². The molecule has 1 aromatic carbocycles. The molecule has 0 aromatic heterocycles. The van der Waals surface area contributed by atoms with Crippen molar-refractivity contribution in [1.82, 2.24) is 4.90 Å². The molecule has 1 aliphatic rings. The maximum atomic E-state index is 12.4. The van der Waals surface area contributed by atoms with Gasteiger partial charge in [0.1, 0.15) is 12.4 Å². The zero-order valence-electron chi connectivity index (χ0n) is 13.8. The molecule has 1 aliphatic heterocycles. The van der Waals surface area contributed by atoms with Gasteiger partial charge in [0.2, 0.25) is 5.91 Å². The molecule has 1 unspecified atom stereocenters. The molecule has 1 saturated heterocycles. The molecule has 0 spiro atoms. The number of likely N-dealkylation sites (tertiary alicyclic amines) is 1. The largest absolute Gasteiger partial charge is 0.508 e. The van der Waals surface area contributed by atoms with E-state index < -0.39 is 12.0 Å². The zero-order chi connectivity index (χ0) is 17.5. The smallest absolute Gasteiger partial charge is 0.331 e. The second-order valence-electron chi connectivity index (χ2n) is 5.89. The second kappa shape index (κ2) is 8.65. The third-order valence-corrected chi connectivity index (χ3v) is 4.13. The maximum absolute atomic E-state index is 12.4. The number of hydrogen-bond acceptors (Lipinski definition) is 6. The number of methoxy groups -OCH3 is 1. The highest BCUT2D eigenvalue weighted by Gasteiger charge is 2.27. The van der Waals surface area contributed by atoms with Crippen LogP contribution in [0.2, 0.25) is 0 Å². The van der Waals surface area contributed by atoms with Crippen LogP contribution < -0.4 is 5.73 Å². The molecule has 7 heteroatoms. The van der Waals surface area contributed by atoms with Crippen LogP contribution in [0.25, 0.3) is 0 Å². The van der Waals surface area contributed by atoms with Crippen molar-refractivity contribution in [2.75, 3.05) is 26.8 Å². The molecule has 1 amide bonds. The van der Waals surface area contributed by atoms with E-state index in [1.54, 1.807) is 29.2 Å². The van der Waals surface area contributed by atoms with Gasteiger partial charge in [-0.05, 0) is 37.0 Å². The van der Waals surface area contributed by atoms with E-state index >= 15 is 0 Å².